The molecule has 0 atom stereocenters. The summed E-state index contributed by atoms with van der Waals surface area (Å²) < 4.78 is 5.13. The lowest BCUT2D eigenvalue weighted by molar-refractivity contribution is 0.0925. The van der Waals surface area contributed by atoms with E-state index in [1.165, 1.54) is 6.26 Å². The molecule has 1 aliphatic rings. The summed E-state index contributed by atoms with van der Waals surface area (Å²) in [4.78, 5) is 18.3. The third kappa shape index (κ3) is 4.70. The molecule has 1 aromatic heterocycles. The average molecular weight is 310 g/mol. The number of carbonyl (C=O) groups is 1. The first-order valence-electron chi connectivity index (χ1n) is 7.13. The smallest absolute Gasteiger partial charge is 0.287 e. The van der Waals surface area contributed by atoms with Crippen LogP contribution in [-0.4, -0.2) is 54.5 Å². The minimum atomic E-state index is -0.178. The van der Waals surface area contributed by atoms with Crippen LogP contribution >= 0.6 is 11.8 Å². The van der Waals surface area contributed by atoms with Crippen molar-refractivity contribution >= 4 is 23.6 Å². The number of guanidine groups is 1. The Morgan fingerprint density at radius 2 is 2.29 bits per heavy atom. The van der Waals surface area contributed by atoms with Crippen molar-refractivity contribution in [2.75, 3.05) is 37.7 Å². The minimum absolute atomic E-state index is 0.178. The van der Waals surface area contributed by atoms with E-state index in [2.05, 4.69) is 15.2 Å². The SMILES string of the molecule is Cc1ccoc1C(=O)NCCCN=C(N)N1CCSCC1. The quantitative estimate of drug-likeness (QED) is 0.483. The van der Waals surface area contributed by atoms with Crippen LogP contribution in [0.3, 0.4) is 0 Å². The van der Waals surface area contributed by atoms with E-state index < -0.39 is 0 Å². The van der Waals surface area contributed by atoms with Crippen molar-refractivity contribution in [3.05, 3.63) is 23.7 Å². The Morgan fingerprint density at radius 1 is 1.52 bits per heavy atom. The van der Waals surface area contributed by atoms with Gasteiger partial charge in [-0.1, -0.05) is 0 Å². The molecule has 0 spiro atoms. The van der Waals surface area contributed by atoms with E-state index in [1.54, 1.807) is 6.07 Å². The van der Waals surface area contributed by atoms with Crippen molar-refractivity contribution in [1.29, 1.82) is 0 Å². The normalized spacial score (nSPS) is 16.0. The highest BCUT2D eigenvalue weighted by atomic mass is 32.2. The third-order valence-electron chi connectivity index (χ3n) is 3.30. The molecular weight excluding hydrogens is 288 g/mol. The average Bonchev–Trinajstić information content (AvgIpc) is 2.93. The number of hydrogen-bond donors (Lipinski definition) is 2. The van der Waals surface area contributed by atoms with E-state index in [-0.39, 0.29) is 5.91 Å². The second kappa shape index (κ2) is 7.97. The molecular formula is C14H22N4O2S. The summed E-state index contributed by atoms with van der Waals surface area (Å²) in [5.74, 6) is 3.03. The maximum atomic E-state index is 11.8. The fourth-order valence-electron chi connectivity index (χ4n) is 2.05. The highest BCUT2D eigenvalue weighted by molar-refractivity contribution is 7.99. The maximum absolute atomic E-state index is 11.8. The molecule has 2 heterocycles. The van der Waals surface area contributed by atoms with Gasteiger partial charge in [-0.05, 0) is 19.4 Å². The maximum Gasteiger partial charge on any atom is 0.287 e. The molecule has 0 saturated carbocycles. The van der Waals surface area contributed by atoms with Crippen LogP contribution in [0, 0.1) is 6.92 Å². The number of hydrogen-bond acceptors (Lipinski definition) is 4. The van der Waals surface area contributed by atoms with E-state index in [0.29, 0.717) is 24.8 Å². The van der Waals surface area contributed by atoms with Crippen LogP contribution in [0.2, 0.25) is 0 Å². The predicted molar refractivity (Wildman–Crippen MR) is 85.8 cm³/mol. The molecule has 1 amide bonds. The lowest BCUT2D eigenvalue weighted by atomic mass is 10.2. The Morgan fingerprint density at radius 3 is 2.95 bits per heavy atom. The number of nitrogens with two attached hydrogens (primary N) is 1. The van der Waals surface area contributed by atoms with Crippen LogP contribution in [0.5, 0.6) is 0 Å². The summed E-state index contributed by atoms with van der Waals surface area (Å²) >= 11 is 1.94. The van der Waals surface area contributed by atoms with Gasteiger partial charge in [0.1, 0.15) is 0 Å². The Balaban J connectivity index is 1.65. The Labute approximate surface area is 129 Å². The number of furan rings is 1. The number of aliphatic imine (C=N–C) groups is 1. The standard InChI is InChI=1S/C14H22N4O2S/c1-11-3-8-20-12(11)13(19)16-4-2-5-17-14(15)18-6-9-21-10-7-18/h3,8H,2,4-7,9-10H2,1H3,(H2,15,17)(H,16,19). The van der Waals surface area contributed by atoms with Crippen molar-refractivity contribution in [1.82, 2.24) is 10.2 Å². The first-order valence-corrected chi connectivity index (χ1v) is 8.29. The fraction of sp³-hybridized carbons (Fsp3) is 0.571. The first-order chi connectivity index (χ1) is 10.2. The lowest BCUT2D eigenvalue weighted by Gasteiger charge is -2.27. The summed E-state index contributed by atoms with van der Waals surface area (Å²) in [6, 6.07) is 1.77. The zero-order valence-corrected chi connectivity index (χ0v) is 13.1. The van der Waals surface area contributed by atoms with Gasteiger partial charge in [-0.3, -0.25) is 9.79 Å². The molecule has 21 heavy (non-hydrogen) atoms. The van der Waals surface area contributed by atoms with Crippen LogP contribution < -0.4 is 11.1 Å². The van der Waals surface area contributed by atoms with Gasteiger partial charge in [0.05, 0.1) is 6.26 Å². The molecule has 6 nitrogen and oxygen atoms in total. The molecule has 116 valence electrons. The molecule has 1 aliphatic heterocycles. The van der Waals surface area contributed by atoms with Gasteiger partial charge in [-0.2, -0.15) is 11.8 Å². The van der Waals surface area contributed by atoms with Gasteiger partial charge in [-0.15, -0.1) is 0 Å². The Bertz CT molecular complexity index is 495. The van der Waals surface area contributed by atoms with Gasteiger partial charge in [-0.25, -0.2) is 0 Å². The molecule has 0 radical (unpaired) electrons. The highest BCUT2D eigenvalue weighted by Crippen LogP contribution is 2.09. The molecule has 0 unspecified atom stereocenters. The van der Waals surface area contributed by atoms with Crippen LogP contribution in [0.15, 0.2) is 21.7 Å². The van der Waals surface area contributed by atoms with Crippen LogP contribution in [-0.2, 0) is 0 Å². The van der Waals surface area contributed by atoms with Crippen LogP contribution in [0.1, 0.15) is 22.5 Å². The minimum Gasteiger partial charge on any atom is -0.459 e. The van der Waals surface area contributed by atoms with Gasteiger partial charge in [0.15, 0.2) is 11.7 Å². The Kier molecular flexibility index (Phi) is 5.98. The number of nitrogens with one attached hydrogen (secondary N) is 1. The molecule has 1 saturated heterocycles. The number of rotatable bonds is 5. The summed E-state index contributed by atoms with van der Waals surface area (Å²) in [5, 5.41) is 2.82. The van der Waals surface area contributed by atoms with Crippen molar-refractivity contribution in [2.24, 2.45) is 10.7 Å². The van der Waals surface area contributed by atoms with Crippen LogP contribution in [0.25, 0.3) is 0 Å². The summed E-state index contributed by atoms with van der Waals surface area (Å²) in [7, 11) is 0. The number of carbonyl (C=O) groups excluding carboxylic acids is 1. The molecule has 2 rings (SSSR count). The lowest BCUT2D eigenvalue weighted by Crippen LogP contribution is -2.42. The van der Waals surface area contributed by atoms with Gasteiger partial charge >= 0.3 is 0 Å². The van der Waals surface area contributed by atoms with E-state index in [0.717, 1.165) is 36.6 Å². The van der Waals surface area contributed by atoms with Crippen molar-refractivity contribution in [3.63, 3.8) is 0 Å². The molecule has 3 N–H and O–H groups in total. The third-order valence-corrected chi connectivity index (χ3v) is 4.24. The highest BCUT2D eigenvalue weighted by Gasteiger charge is 2.12. The molecule has 0 bridgehead atoms. The fourth-order valence-corrected chi connectivity index (χ4v) is 2.96. The van der Waals surface area contributed by atoms with Gasteiger partial charge in [0, 0.05) is 43.2 Å². The van der Waals surface area contributed by atoms with E-state index >= 15 is 0 Å². The number of thioether (sulfide) groups is 1. The van der Waals surface area contributed by atoms with E-state index in [1.807, 2.05) is 18.7 Å². The summed E-state index contributed by atoms with van der Waals surface area (Å²) in [5.41, 5.74) is 6.80. The second-order valence-corrected chi connectivity index (χ2v) is 6.11. The molecule has 0 aromatic carbocycles. The number of amides is 1. The second-order valence-electron chi connectivity index (χ2n) is 4.88. The predicted octanol–water partition coefficient (Wildman–Crippen LogP) is 1.07. The number of aryl methyl sites for hydroxylation is 1. The summed E-state index contributed by atoms with van der Waals surface area (Å²) in [6.07, 6.45) is 2.28. The first kappa shape index (κ1) is 15.8. The van der Waals surface area contributed by atoms with Crippen molar-refractivity contribution < 1.29 is 9.21 Å². The van der Waals surface area contributed by atoms with Crippen molar-refractivity contribution in [3.8, 4) is 0 Å². The molecule has 7 heteroatoms. The van der Waals surface area contributed by atoms with Crippen molar-refractivity contribution in [2.45, 2.75) is 13.3 Å². The Hall–Kier alpha value is -1.63. The van der Waals surface area contributed by atoms with Crippen LogP contribution in [0.4, 0.5) is 0 Å². The zero-order chi connectivity index (χ0) is 15.1. The van der Waals surface area contributed by atoms with Gasteiger partial charge in [0.2, 0.25) is 0 Å². The van der Waals surface area contributed by atoms with E-state index in [4.69, 9.17) is 10.2 Å². The zero-order valence-electron chi connectivity index (χ0n) is 12.3. The number of nitrogens with zero attached hydrogens (tertiary/aromatic N) is 2. The van der Waals surface area contributed by atoms with Gasteiger partial charge < -0.3 is 20.4 Å². The monoisotopic (exact) mass is 310 g/mol. The topological polar surface area (TPSA) is 83.9 Å². The molecule has 0 aliphatic carbocycles. The molecule has 1 aromatic rings. The van der Waals surface area contributed by atoms with E-state index in [9.17, 15) is 4.79 Å². The van der Waals surface area contributed by atoms with Gasteiger partial charge in [0.25, 0.3) is 5.91 Å². The molecule has 1 fully saturated rings. The largest absolute Gasteiger partial charge is 0.459 e. The summed E-state index contributed by atoms with van der Waals surface area (Å²) in [6.45, 7) is 4.96.